The number of allylic oxidation sites excluding steroid dienone is 8. The lowest BCUT2D eigenvalue weighted by molar-refractivity contribution is 0.668. The van der Waals surface area contributed by atoms with Gasteiger partial charge in [-0.1, -0.05) is 50.6 Å². The Kier molecular flexibility index (Phi) is 3.52. The first-order valence-electron chi connectivity index (χ1n) is 7.96. The Morgan fingerprint density at radius 1 is 1.16 bits per heavy atom. The first-order chi connectivity index (χ1) is 9.15. The van der Waals surface area contributed by atoms with Crippen LogP contribution in [0.2, 0.25) is 0 Å². The lowest BCUT2D eigenvalue weighted by Gasteiger charge is -2.25. The molecule has 0 radical (unpaired) electrons. The zero-order valence-electron chi connectivity index (χ0n) is 12.6. The predicted octanol–water partition coefficient (Wildman–Crippen LogP) is 5.59. The molecule has 0 aliphatic heterocycles. The zero-order chi connectivity index (χ0) is 13.4. The van der Waals surface area contributed by atoms with Crippen molar-refractivity contribution in [3.05, 3.63) is 46.6 Å². The van der Waals surface area contributed by atoms with Crippen molar-refractivity contribution in [1.29, 1.82) is 0 Å². The highest BCUT2D eigenvalue weighted by atomic mass is 14.3. The van der Waals surface area contributed by atoms with Crippen LogP contribution in [-0.2, 0) is 0 Å². The second kappa shape index (κ2) is 5.15. The maximum Gasteiger partial charge on any atom is 0.00207 e. The first-order valence-corrected chi connectivity index (χ1v) is 7.96. The van der Waals surface area contributed by atoms with Crippen LogP contribution in [0.1, 0.15) is 52.9 Å². The summed E-state index contributed by atoms with van der Waals surface area (Å²) in [6.07, 6.45) is 16.5. The summed E-state index contributed by atoms with van der Waals surface area (Å²) in [5, 5.41) is 0. The molecule has 0 aromatic heterocycles. The summed E-state index contributed by atoms with van der Waals surface area (Å²) in [5.41, 5.74) is 6.54. The molecule has 3 rings (SSSR count). The summed E-state index contributed by atoms with van der Waals surface area (Å²) in [7, 11) is 0. The van der Waals surface area contributed by atoms with Crippen LogP contribution in [0.15, 0.2) is 46.6 Å². The predicted molar refractivity (Wildman–Crippen MR) is 82.9 cm³/mol. The lowest BCUT2D eigenvalue weighted by Crippen LogP contribution is -2.10. The largest absolute Gasteiger partial charge is 0.0807 e. The van der Waals surface area contributed by atoms with Gasteiger partial charge in [0.25, 0.3) is 0 Å². The van der Waals surface area contributed by atoms with Crippen LogP contribution in [0.3, 0.4) is 0 Å². The minimum Gasteiger partial charge on any atom is -0.0807 e. The molecule has 19 heavy (non-hydrogen) atoms. The molecule has 2 unspecified atom stereocenters. The van der Waals surface area contributed by atoms with E-state index in [1.807, 2.05) is 0 Å². The highest BCUT2D eigenvalue weighted by molar-refractivity contribution is 5.43. The van der Waals surface area contributed by atoms with Crippen molar-refractivity contribution in [2.75, 3.05) is 0 Å². The van der Waals surface area contributed by atoms with Crippen molar-refractivity contribution >= 4 is 0 Å². The SMILES string of the molecule is CC(C)C1=CCCC(C2C=C3CCC(C)C3=CC2)=C1. The summed E-state index contributed by atoms with van der Waals surface area (Å²) in [6, 6.07) is 0. The first kappa shape index (κ1) is 13.0. The molecule has 0 nitrogen and oxygen atoms in total. The molecule has 102 valence electrons. The van der Waals surface area contributed by atoms with E-state index in [1.54, 1.807) is 22.3 Å². The fourth-order valence-corrected chi connectivity index (χ4v) is 3.77. The molecule has 0 N–H and O–H groups in total. The van der Waals surface area contributed by atoms with Gasteiger partial charge in [-0.05, 0) is 60.7 Å². The number of hydrogen-bond acceptors (Lipinski definition) is 0. The normalized spacial score (nSPS) is 30.5. The minimum absolute atomic E-state index is 0.671. The summed E-state index contributed by atoms with van der Waals surface area (Å²) in [5.74, 6) is 2.16. The Labute approximate surface area is 118 Å². The number of rotatable bonds is 2. The van der Waals surface area contributed by atoms with Gasteiger partial charge < -0.3 is 0 Å². The molecule has 0 heteroatoms. The second-order valence-corrected chi connectivity index (χ2v) is 6.75. The van der Waals surface area contributed by atoms with E-state index in [-0.39, 0.29) is 0 Å². The van der Waals surface area contributed by atoms with Gasteiger partial charge in [0.05, 0.1) is 0 Å². The van der Waals surface area contributed by atoms with E-state index in [2.05, 4.69) is 45.1 Å². The molecule has 0 amide bonds. The van der Waals surface area contributed by atoms with Gasteiger partial charge in [-0.25, -0.2) is 0 Å². The Morgan fingerprint density at radius 2 is 2.00 bits per heavy atom. The van der Waals surface area contributed by atoms with E-state index >= 15 is 0 Å². The van der Waals surface area contributed by atoms with Gasteiger partial charge in [0, 0.05) is 5.92 Å². The van der Waals surface area contributed by atoms with Crippen molar-refractivity contribution in [1.82, 2.24) is 0 Å². The third kappa shape index (κ3) is 2.50. The fraction of sp³-hybridized carbons (Fsp3) is 0.579. The van der Waals surface area contributed by atoms with E-state index in [4.69, 9.17) is 0 Å². The molecule has 0 heterocycles. The van der Waals surface area contributed by atoms with Gasteiger partial charge >= 0.3 is 0 Å². The number of fused-ring (bicyclic) bond motifs is 1. The maximum atomic E-state index is 2.59. The second-order valence-electron chi connectivity index (χ2n) is 6.75. The molecule has 2 atom stereocenters. The molecule has 1 fully saturated rings. The zero-order valence-corrected chi connectivity index (χ0v) is 12.6. The molecular formula is C19H26. The van der Waals surface area contributed by atoms with Gasteiger partial charge in [0.2, 0.25) is 0 Å². The van der Waals surface area contributed by atoms with E-state index in [1.165, 1.54) is 32.1 Å². The molecule has 3 aliphatic rings. The van der Waals surface area contributed by atoms with E-state index in [0.29, 0.717) is 11.8 Å². The van der Waals surface area contributed by atoms with Crippen molar-refractivity contribution < 1.29 is 0 Å². The molecular weight excluding hydrogens is 228 g/mol. The molecule has 0 aromatic rings. The summed E-state index contributed by atoms with van der Waals surface area (Å²) < 4.78 is 0. The Morgan fingerprint density at radius 3 is 2.79 bits per heavy atom. The van der Waals surface area contributed by atoms with Crippen LogP contribution in [0, 0.1) is 17.8 Å². The van der Waals surface area contributed by atoms with Crippen LogP contribution in [-0.4, -0.2) is 0 Å². The van der Waals surface area contributed by atoms with E-state index < -0.39 is 0 Å². The van der Waals surface area contributed by atoms with Crippen LogP contribution >= 0.6 is 0 Å². The Bertz CT molecular complexity index is 482. The molecule has 0 aromatic carbocycles. The van der Waals surface area contributed by atoms with Gasteiger partial charge in [0.15, 0.2) is 0 Å². The van der Waals surface area contributed by atoms with Gasteiger partial charge in [-0.15, -0.1) is 0 Å². The monoisotopic (exact) mass is 254 g/mol. The molecule has 0 spiro atoms. The Hall–Kier alpha value is -1.04. The van der Waals surface area contributed by atoms with Crippen molar-refractivity contribution in [3.63, 3.8) is 0 Å². The van der Waals surface area contributed by atoms with Crippen LogP contribution < -0.4 is 0 Å². The highest BCUT2D eigenvalue weighted by Gasteiger charge is 2.27. The average molecular weight is 254 g/mol. The average Bonchev–Trinajstić information content (AvgIpc) is 2.80. The standard InChI is InChI=1S/C19H26/c1-13(2)15-5-4-6-16(11-15)17-9-10-19-14(3)7-8-18(19)12-17/h5,10-14,17H,4,6-9H2,1-3H3. The third-order valence-corrected chi connectivity index (χ3v) is 5.05. The molecule has 1 saturated carbocycles. The van der Waals surface area contributed by atoms with Crippen molar-refractivity contribution in [2.45, 2.75) is 52.9 Å². The van der Waals surface area contributed by atoms with Gasteiger partial charge in [-0.3, -0.25) is 0 Å². The summed E-state index contributed by atoms with van der Waals surface area (Å²) in [6.45, 7) is 7.00. The molecule has 3 aliphatic carbocycles. The third-order valence-electron chi connectivity index (χ3n) is 5.05. The van der Waals surface area contributed by atoms with Crippen molar-refractivity contribution in [2.24, 2.45) is 17.8 Å². The van der Waals surface area contributed by atoms with Crippen LogP contribution in [0.4, 0.5) is 0 Å². The summed E-state index contributed by atoms with van der Waals surface area (Å²) in [4.78, 5) is 0. The Balaban J connectivity index is 1.81. The van der Waals surface area contributed by atoms with Gasteiger partial charge in [0.1, 0.15) is 0 Å². The van der Waals surface area contributed by atoms with Crippen molar-refractivity contribution in [3.8, 4) is 0 Å². The summed E-state index contributed by atoms with van der Waals surface area (Å²) >= 11 is 0. The van der Waals surface area contributed by atoms with Crippen LogP contribution in [0.5, 0.6) is 0 Å². The van der Waals surface area contributed by atoms with Crippen LogP contribution in [0.25, 0.3) is 0 Å². The minimum atomic E-state index is 0.671. The van der Waals surface area contributed by atoms with E-state index in [9.17, 15) is 0 Å². The van der Waals surface area contributed by atoms with E-state index in [0.717, 1.165) is 5.92 Å². The number of hydrogen-bond donors (Lipinski definition) is 0. The fourth-order valence-electron chi connectivity index (χ4n) is 3.77. The smallest absolute Gasteiger partial charge is 0.00207 e. The quantitative estimate of drug-likeness (QED) is 0.602. The maximum absolute atomic E-state index is 2.59. The highest BCUT2D eigenvalue weighted by Crippen LogP contribution is 2.42. The van der Waals surface area contributed by atoms with Gasteiger partial charge in [-0.2, -0.15) is 0 Å². The lowest BCUT2D eigenvalue weighted by atomic mass is 9.80. The molecule has 0 bridgehead atoms. The topological polar surface area (TPSA) is 0 Å². The molecule has 0 saturated heterocycles.